The van der Waals surface area contributed by atoms with Crippen LogP contribution in [0.3, 0.4) is 0 Å². The minimum atomic E-state index is -0.250. The van der Waals surface area contributed by atoms with E-state index >= 15 is 0 Å². The van der Waals surface area contributed by atoms with E-state index in [4.69, 9.17) is 23.2 Å². The number of hydrogen-bond donors (Lipinski definition) is 1. The second-order valence-electron chi connectivity index (χ2n) is 5.57. The fraction of sp³-hybridized carbons (Fsp3) is 0.188. The van der Waals surface area contributed by atoms with E-state index in [-0.39, 0.29) is 11.9 Å². The van der Waals surface area contributed by atoms with Gasteiger partial charge in [-0.1, -0.05) is 40.4 Å². The summed E-state index contributed by atoms with van der Waals surface area (Å²) in [6.07, 6.45) is 1.72. The van der Waals surface area contributed by atoms with Gasteiger partial charge in [0.2, 0.25) is 5.95 Å². The van der Waals surface area contributed by atoms with Gasteiger partial charge in [0, 0.05) is 0 Å². The molecule has 1 N–H and O–H groups in total. The maximum Gasteiger partial charge on any atom is 0.248 e. The predicted octanol–water partition coefficient (Wildman–Crippen LogP) is 4.21. The van der Waals surface area contributed by atoms with E-state index in [1.807, 2.05) is 6.07 Å². The summed E-state index contributed by atoms with van der Waals surface area (Å²) in [5.74, 6) is 0.182. The lowest BCUT2D eigenvalue weighted by Crippen LogP contribution is -2.12. The summed E-state index contributed by atoms with van der Waals surface area (Å²) in [5.41, 5.74) is 2.64. The summed E-state index contributed by atoms with van der Waals surface area (Å²) < 4.78 is 15.0. The Hall–Kier alpha value is -2.18. The molecule has 1 aliphatic carbocycles. The molecule has 3 aromatic rings. The Balaban J connectivity index is 1.68. The van der Waals surface area contributed by atoms with Gasteiger partial charge >= 0.3 is 0 Å². The quantitative estimate of drug-likeness (QED) is 0.757. The second-order valence-corrected chi connectivity index (χ2v) is 6.35. The minimum Gasteiger partial charge on any atom is -0.346 e. The molecule has 0 amide bonds. The van der Waals surface area contributed by atoms with Crippen LogP contribution in [0.1, 0.15) is 23.6 Å². The number of fused-ring (bicyclic) bond motifs is 1. The average Bonchev–Trinajstić information content (AvgIpc) is 3.18. The first-order chi connectivity index (χ1) is 11.6. The van der Waals surface area contributed by atoms with Crippen LogP contribution in [0.25, 0.3) is 5.69 Å². The SMILES string of the molecule is Fc1ccc2c(c1)C(Nc1nnnn1-c1cccc(Cl)c1Cl)CC2. The highest BCUT2D eigenvalue weighted by Crippen LogP contribution is 2.35. The van der Waals surface area contributed by atoms with Gasteiger partial charge < -0.3 is 5.32 Å². The van der Waals surface area contributed by atoms with Crippen molar-refractivity contribution in [2.45, 2.75) is 18.9 Å². The molecule has 1 heterocycles. The number of benzene rings is 2. The van der Waals surface area contributed by atoms with Gasteiger partial charge in [0.15, 0.2) is 0 Å². The molecule has 1 atom stereocenters. The van der Waals surface area contributed by atoms with Gasteiger partial charge in [0.05, 0.1) is 21.8 Å². The van der Waals surface area contributed by atoms with Crippen LogP contribution in [0.5, 0.6) is 0 Å². The Kier molecular flexibility index (Phi) is 3.86. The molecule has 1 aromatic heterocycles. The van der Waals surface area contributed by atoms with Gasteiger partial charge in [-0.25, -0.2) is 4.39 Å². The van der Waals surface area contributed by atoms with E-state index in [0.29, 0.717) is 21.7 Å². The number of tetrazole rings is 1. The summed E-state index contributed by atoms with van der Waals surface area (Å²) >= 11 is 12.3. The highest BCUT2D eigenvalue weighted by Gasteiger charge is 2.25. The van der Waals surface area contributed by atoms with Gasteiger partial charge in [-0.3, -0.25) is 0 Å². The Bertz CT molecular complexity index is 911. The zero-order valence-electron chi connectivity index (χ0n) is 12.4. The monoisotopic (exact) mass is 363 g/mol. The topological polar surface area (TPSA) is 55.6 Å². The van der Waals surface area contributed by atoms with E-state index in [2.05, 4.69) is 20.8 Å². The Morgan fingerprint density at radius 1 is 1.21 bits per heavy atom. The molecule has 1 unspecified atom stereocenters. The fourth-order valence-electron chi connectivity index (χ4n) is 2.97. The highest BCUT2D eigenvalue weighted by atomic mass is 35.5. The van der Waals surface area contributed by atoms with Crippen molar-refractivity contribution in [1.29, 1.82) is 0 Å². The van der Waals surface area contributed by atoms with Crippen molar-refractivity contribution >= 4 is 29.2 Å². The third kappa shape index (κ3) is 2.61. The summed E-state index contributed by atoms with van der Waals surface area (Å²) in [5, 5.41) is 15.8. The lowest BCUT2D eigenvalue weighted by molar-refractivity contribution is 0.623. The van der Waals surface area contributed by atoms with Crippen LogP contribution >= 0.6 is 23.2 Å². The molecule has 24 heavy (non-hydrogen) atoms. The molecule has 4 rings (SSSR count). The second kappa shape index (κ2) is 6.03. The molecule has 0 fully saturated rings. The highest BCUT2D eigenvalue weighted by molar-refractivity contribution is 6.43. The van der Waals surface area contributed by atoms with E-state index < -0.39 is 0 Å². The van der Waals surface area contributed by atoms with Crippen LogP contribution in [0.4, 0.5) is 10.3 Å². The van der Waals surface area contributed by atoms with Crippen molar-refractivity contribution in [2.24, 2.45) is 0 Å². The molecule has 0 saturated carbocycles. The lowest BCUT2D eigenvalue weighted by Gasteiger charge is -2.15. The normalized spacial score (nSPS) is 16.2. The van der Waals surface area contributed by atoms with Crippen molar-refractivity contribution in [1.82, 2.24) is 20.2 Å². The summed E-state index contributed by atoms with van der Waals surface area (Å²) in [6, 6.07) is 10.0. The largest absolute Gasteiger partial charge is 0.346 e. The summed E-state index contributed by atoms with van der Waals surface area (Å²) in [4.78, 5) is 0. The van der Waals surface area contributed by atoms with Crippen LogP contribution in [0.2, 0.25) is 10.0 Å². The first-order valence-electron chi connectivity index (χ1n) is 7.41. The Labute approximate surface area is 147 Å². The first-order valence-corrected chi connectivity index (χ1v) is 8.16. The predicted molar refractivity (Wildman–Crippen MR) is 90.3 cm³/mol. The number of nitrogens with zero attached hydrogens (tertiary/aromatic N) is 4. The Morgan fingerprint density at radius 3 is 2.96 bits per heavy atom. The number of anilines is 1. The number of hydrogen-bond acceptors (Lipinski definition) is 4. The van der Waals surface area contributed by atoms with Crippen LogP contribution in [-0.2, 0) is 6.42 Å². The summed E-state index contributed by atoms with van der Waals surface area (Å²) in [7, 11) is 0. The smallest absolute Gasteiger partial charge is 0.248 e. The van der Waals surface area contributed by atoms with Crippen molar-refractivity contribution in [3.63, 3.8) is 0 Å². The van der Waals surface area contributed by atoms with Crippen LogP contribution in [0, 0.1) is 5.82 Å². The molecular formula is C16H12Cl2FN5. The molecule has 5 nitrogen and oxygen atoms in total. The third-order valence-corrected chi connectivity index (χ3v) is 4.93. The molecule has 0 bridgehead atoms. The molecule has 0 radical (unpaired) electrons. The molecule has 1 aliphatic rings. The van der Waals surface area contributed by atoms with Gasteiger partial charge in [0.25, 0.3) is 0 Å². The van der Waals surface area contributed by atoms with Crippen molar-refractivity contribution in [2.75, 3.05) is 5.32 Å². The van der Waals surface area contributed by atoms with Crippen LogP contribution in [0.15, 0.2) is 36.4 Å². The number of aromatic nitrogens is 4. The van der Waals surface area contributed by atoms with Crippen molar-refractivity contribution in [3.05, 3.63) is 63.4 Å². The maximum absolute atomic E-state index is 13.6. The molecule has 122 valence electrons. The molecule has 2 aromatic carbocycles. The number of halogens is 3. The maximum atomic E-state index is 13.6. The molecule has 8 heteroatoms. The van der Waals surface area contributed by atoms with Crippen LogP contribution < -0.4 is 5.32 Å². The van der Waals surface area contributed by atoms with Crippen molar-refractivity contribution < 1.29 is 4.39 Å². The van der Waals surface area contributed by atoms with E-state index in [1.54, 1.807) is 24.3 Å². The zero-order valence-corrected chi connectivity index (χ0v) is 13.9. The number of aryl methyl sites for hydroxylation is 1. The minimum absolute atomic E-state index is 0.0570. The lowest BCUT2D eigenvalue weighted by atomic mass is 10.1. The van der Waals surface area contributed by atoms with Gasteiger partial charge in [-0.05, 0) is 58.7 Å². The summed E-state index contributed by atoms with van der Waals surface area (Å²) in [6.45, 7) is 0. The van der Waals surface area contributed by atoms with Gasteiger partial charge in [0.1, 0.15) is 5.82 Å². The van der Waals surface area contributed by atoms with E-state index in [1.165, 1.54) is 10.7 Å². The van der Waals surface area contributed by atoms with Crippen LogP contribution in [-0.4, -0.2) is 20.2 Å². The molecular weight excluding hydrogens is 352 g/mol. The Morgan fingerprint density at radius 2 is 2.08 bits per heavy atom. The third-order valence-electron chi connectivity index (χ3n) is 4.12. The zero-order chi connectivity index (χ0) is 16.7. The van der Waals surface area contributed by atoms with Gasteiger partial charge in [-0.15, -0.1) is 0 Å². The number of rotatable bonds is 3. The molecule has 0 spiro atoms. The molecule has 0 aliphatic heterocycles. The standard InChI is InChI=1S/C16H12Cl2FN5/c17-12-2-1-3-14(15(12)18)24-16(21-22-23-24)20-13-7-5-9-4-6-10(19)8-11(9)13/h1-4,6,8,13H,5,7H2,(H,20,21,23). The number of nitrogens with one attached hydrogen (secondary N) is 1. The van der Waals surface area contributed by atoms with Gasteiger partial charge in [-0.2, -0.15) is 4.68 Å². The first kappa shape index (κ1) is 15.4. The van der Waals surface area contributed by atoms with Crippen molar-refractivity contribution in [3.8, 4) is 5.69 Å². The fourth-order valence-corrected chi connectivity index (χ4v) is 3.35. The average molecular weight is 364 g/mol. The van der Waals surface area contributed by atoms with E-state index in [0.717, 1.165) is 24.0 Å². The van der Waals surface area contributed by atoms with E-state index in [9.17, 15) is 4.39 Å². The molecule has 0 saturated heterocycles.